The highest BCUT2D eigenvalue weighted by atomic mass is 16.2. The van der Waals surface area contributed by atoms with Crippen LogP contribution >= 0.6 is 0 Å². The molecule has 0 saturated carbocycles. The smallest absolute Gasteiger partial charge is 0.228 e. The van der Waals surface area contributed by atoms with Crippen molar-refractivity contribution in [2.75, 3.05) is 13.1 Å². The number of amides is 2. The first-order chi connectivity index (χ1) is 8.50. The maximum absolute atomic E-state index is 12.5. The van der Waals surface area contributed by atoms with Crippen LogP contribution in [0, 0.1) is 5.92 Å². The maximum Gasteiger partial charge on any atom is 0.228 e. The largest absolute Gasteiger partial charge is 0.340 e. The third-order valence-electron chi connectivity index (χ3n) is 4.22. The third-order valence-corrected chi connectivity index (χ3v) is 4.22. The molecule has 2 aliphatic rings. The minimum absolute atomic E-state index is 0.111. The lowest BCUT2D eigenvalue weighted by Crippen LogP contribution is -2.45. The summed E-state index contributed by atoms with van der Waals surface area (Å²) < 4.78 is 0. The average molecular weight is 252 g/mol. The minimum atomic E-state index is -0.111. The highest BCUT2D eigenvalue weighted by molar-refractivity contribution is 5.89. The number of hydrogen-bond acceptors (Lipinski definition) is 2. The lowest BCUT2D eigenvalue weighted by molar-refractivity contribution is -0.139. The van der Waals surface area contributed by atoms with Gasteiger partial charge in [-0.25, -0.2) is 0 Å². The van der Waals surface area contributed by atoms with Gasteiger partial charge in [0.2, 0.25) is 11.8 Å². The van der Waals surface area contributed by atoms with Crippen LogP contribution in [0.5, 0.6) is 0 Å². The fourth-order valence-corrected chi connectivity index (χ4v) is 3.06. The van der Waals surface area contributed by atoms with E-state index in [0.717, 1.165) is 19.4 Å². The molecule has 0 unspecified atom stereocenters. The van der Waals surface area contributed by atoms with E-state index in [9.17, 15) is 9.59 Å². The second kappa shape index (κ2) is 5.29. The standard InChI is InChI=1S/C14H24N2O2/c1-10(2)16-9-12(8-13(16)17)14(18)15-7-5-4-6-11(15)3/h10-12H,4-9H2,1-3H3/t11-,12+/m0/s1. The van der Waals surface area contributed by atoms with E-state index in [4.69, 9.17) is 0 Å². The summed E-state index contributed by atoms with van der Waals surface area (Å²) in [6, 6.07) is 0.545. The van der Waals surface area contributed by atoms with Crippen molar-refractivity contribution in [3.8, 4) is 0 Å². The number of rotatable bonds is 2. The molecule has 2 heterocycles. The van der Waals surface area contributed by atoms with E-state index in [1.54, 1.807) is 0 Å². The summed E-state index contributed by atoms with van der Waals surface area (Å²) in [6.07, 6.45) is 3.82. The maximum atomic E-state index is 12.5. The van der Waals surface area contributed by atoms with Crippen molar-refractivity contribution in [2.45, 2.75) is 58.5 Å². The summed E-state index contributed by atoms with van der Waals surface area (Å²) in [4.78, 5) is 28.1. The van der Waals surface area contributed by atoms with Gasteiger partial charge in [0, 0.05) is 31.6 Å². The molecule has 4 nitrogen and oxygen atoms in total. The molecule has 0 aromatic carbocycles. The number of nitrogens with zero attached hydrogens (tertiary/aromatic N) is 2. The van der Waals surface area contributed by atoms with Crippen molar-refractivity contribution < 1.29 is 9.59 Å². The molecular weight excluding hydrogens is 228 g/mol. The first-order valence-corrected chi connectivity index (χ1v) is 7.10. The van der Waals surface area contributed by atoms with Gasteiger partial charge in [-0.15, -0.1) is 0 Å². The second-order valence-corrected chi connectivity index (χ2v) is 5.92. The zero-order chi connectivity index (χ0) is 13.3. The lowest BCUT2D eigenvalue weighted by Gasteiger charge is -2.35. The third kappa shape index (κ3) is 2.52. The fraction of sp³-hybridized carbons (Fsp3) is 0.857. The molecule has 102 valence electrons. The topological polar surface area (TPSA) is 40.6 Å². The molecule has 0 spiro atoms. The number of hydrogen-bond donors (Lipinski definition) is 0. The molecule has 0 aromatic rings. The van der Waals surface area contributed by atoms with E-state index in [0.29, 0.717) is 19.0 Å². The zero-order valence-electron chi connectivity index (χ0n) is 11.7. The highest BCUT2D eigenvalue weighted by Crippen LogP contribution is 2.25. The summed E-state index contributed by atoms with van der Waals surface area (Å²) in [5.41, 5.74) is 0. The van der Waals surface area contributed by atoms with Gasteiger partial charge in [0.15, 0.2) is 0 Å². The van der Waals surface area contributed by atoms with Crippen molar-refractivity contribution in [3.05, 3.63) is 0 Å². The zero-order valence-corrected chi connectivity index (χ0v) is 11.7. The van der Waals surface area contributed by atoms with E-state index >= 15 is 0 Å². The van der Waals surface area contributed by atoms with Crippen LogP contribution in [-0.4, -0.2) is 46.8 Å². The number of carbonyl (C=O) groups is 2. The summed E-state index contributed by atoms with van der Waals surface area (Å²) in [5.74, 6) is 0.215. The van der Waals surface area contributed by atoms with Crippen LogP contribution in [0.3, 0.4) is 0 Å². The van der Waals surface area contributed by atoms with E-state index in [1.807, 2.05) is 23.6 Å². The number of likely N-dealkylation sites (tertiary alicyclic amines) is 2. The molecule has 0 N–H and O–H groups in total. The Bertz CT molecular complexity index is 341. The van der Waals surface area contributed by atoms with Crippen LogP contribution in [-0.2, 0) is 9.59 Å². The molecule has 2 amide bonds. The Balaban J connectivity index is 2.00. The summed E-state index contributed by atoms with van der Waals surface area (Å²) >= 11 is 0. The molecule has 2 aliphatic heterocycles. The SMILES string of the molecule is CC(C)N1C[C@H](C(=O)N2CCCC[C@@H]2C)CC1=O. The van der Waals surface area contributed by atoms with Crippen LogP contribution in [0.1, 0.15) is 46.5 Å². The Morgan fingerprint density at radius 3 is 2.61 bits per heavy atom. The Kier molecular flexibility index (Phi) is 3.93. The quantitative estimate of drug-likeness (QED) is 0.749. The monoisotopic (exact) mass is 252 g/mol. The van der Waals surface area contributed by atoms with Crippen LogP contribution in [0.2, 0.25) is 0 Å². The Morgan fingerprint density at radius 1 is 1.33 bits per heavy atom. The minimum Gasteiger partial charge on any atom is -0.340 e. The van der Waals surface area contributed by atoms with E-state index in [-0.39, 0.29) is 23.8 Å². The molecule has 0 aromatic heterocycles. The predicted molar refractivity (Wildman–Crippen MR) is 70.0 cm³/mol. The van der Waals surface area contributed by atoms with Gasteiger partial charge >= 0.3 is 0 Å². The van der Waals surface area contributed by atoms with Crippen LogP contribution in [0.25, 0.3) is 0 Å². The molecule has 0 radical (unpaired) electrons. The molecule has 18 heavy (non-hydrogen) atoms. The van der Waals surface area contributed by atoms with Crippen molar-refractivity contribution >= 4 is 11.8 Å². The Hall–Kier alpha value is -1.06. The van der Waals surface area contributed by atoms with Crippen molar-refractivity contribution in [3.63, 3.8) is 0 Å². The first-order valence-electron chi connectivity index (χ1n) is 7.10. The molecule has 2 rings (SSSR count). The molecular formula is C14H24N2O2. The lowest BCUT2D eigenvalue weighted by atomic mass is 9.99. The summed E-state index contributed by atoms with van der Waals surface area (Å²) in [7, 11) is 0. The Morgan fingerprint density at radius 2 is 2.06 bits per heavy atom. The van der Waals surface area contributed by atoms with Gasteiger partial charge in [0.25, 0.3) is 0 Å². The van der Waals surface area contributed by atoms with E-state index in [1.165, 1.54) is 6.42 Å². The van der Waals surface area contributed by atoms with Gasteiger partial charge in [0.05, 0.1) is 5.92 Å². The van der Waals surface area contributed by atoms with Crippen molar-refractivity contribution in [1.82, 2.24) is 9.80 Å². The van der Waals surface area contributed by atoms with Crippen molar-refractivity contribution in [1.29, 1.82) is 0 Å². The molecule has 0 aliphatic carbocycles. The molecule has 4 heteroatoms. The highest BCUT2D eigenvalue weighted by Gasteiger charge is 2.38. The summed E-state index contributed by atoms with van der Waals surface area (Å²) in [6.45, 7) is 7.61. The van der Waals surface area contributed by atoms with Crippen LogP contribution in [0.15, 0.2) is 0 Å². The van der Waals surface area contributed by atoms with Gasteiger partial charge in [-0.1, -0.05) is 0 Å². The Labute approximate surface area is 109 Å². The van der Waals surface area contributed by atoms with Gasteiger partial charge in [-0.2, -0.15) is 0 Å². The van der Waals surface area contributed by atoms with Gasteiger partial charge in [-0.05, 0) is 40.0 Å². The van der Waals surface area contributed by atoms with Gasteiger partial charge in [0.1, 0.15) is 0 Å². The van der Waals surface area contributed by atoms with Gasteiger partial charge < -0.3 is 9.80 Å². The van der Waals surface area contributed by atoms with Crippen molar-refractivity contribution in [2.24, 2.45) is 5.92 Å². The fourth-order valence-electron chi connectivity index (χ4n) is 3.06. The molecule has 0 bridgehead atoms. The van der Waals surface area contributed by atoms with E-state index in [2.05, 4.69) is 6.92 Å². The summed E-state index contributed by atoms with van der Waals surface area (Å²) in [5, 5.41) is 0. The van der Waals surface area contributed by atoms with E-state index < -0.39 is 0 Å². The molecule has 2 atom stereocenters. The van der Waals surface area contributed by atoms with Crippen LogP contribution < -0.4 is 0 Å². The predicted octanol–water partition coefficient (Wildman–Crippen LogP) is 1.64. The first kappa shape index (κ1) is 13.4. The normalized spacial score (nSPS) is 29.2. The second-order valence-electron chi connectivity index (χ2n) is 5.92. The number of piperidine rings is 1. The van der Waals surface area contributed by atoms with Gasteiger partial charge in [-0.3, -0.25) is 9.59 Å². The average Bonchev–Trinajstić information content (AvgIpc) is 2.71. The number of carbonyl (C=O) groups excluding carboxylic acids is 2. The van der Waals surface area contributed by atoms with Crippen LogP contribution in [0.4, 0.5) is 0 Å². The molecule has 2 fully saturated rings. The molecule has 2 saturated heterocycles.